The van der Waals surface area contributed by atoms with E-state index in [0.29, 0.717) is 23.9 Å². The zero-order chi connectivity index (χ0) is 22.5. The van der Waals surface area contributed by atoms with E-state index in [1.54, 1.807) is 12.4 Å². The molecule has 0 bridgehead atoms. The summed E-state index contributed by atoms with van der Waals surface area (Å²) in [4.78, 5) is 25.1. The molecule has 1 aliphatic heterocycles. The maximum absolute atomic E-state index is 12.0. The summed E-state index contributed by atoms with van der Waals surface area (Å²) in [6.07, 6.45) is 5.74. The first-order valence-corrected chi connectivity index (χ1v) is 11.0. The summed E-state index contributed by atoms with van der Waals surface area (Å²) in [5.74, 6) is 1.76. The Morgan fingerprint density at radius 1 is 1.16 bits per heavy atom. The minimum Gasteiger partial charge on any atom is -0.415 e. The van der Waals surface area contributed by atoms with E-state index < -0.39 is 0 Å². The van der Waals surface area contributed by atoms with E-state index in [0.717, 1.165) is 43.9 Å². The van der Waals surface area contributed by atoms with Crippen LogP contribution in [0.3, 0.4) is 0 Å². The van der Waals surface area contributed by atoms with E-state index in [-0.39, 0.29) is 11.9 Å². The monoisotopic (exact) mass is 435 g/mol. The first-order chi connectivity index (χ1) is 15.6. The minimum absolute atomic E-state index is 0.189. The highest BCUT2D eigenvalue weighted by atomic mass is 16.4. The van der Waals surface area contributed by atoms with Gasteiger partial charge in [-0.1, -0.05) is 19.1 Å². The van der Waals surface area contributed by atoms with Crippen LogP contribution in [0.5, 0.6) is 0 Å². The molecule has 1 amide bonds. The van der Waals surface area contributed by atoms with Crippen molar-refractivity contribution in [2.24, 2.45) is 0 Å². The molecule has 1 N–H and O–H groups in total. The van der Waals surface area contributed by atoms with Crippen LogP contribution >= 0.6 is 0 Å². The summed E-state index contributed by atoms with van der Waals surface area (Å²) in [5.41, 5.74) is 2.59. The van der Waals surface area contributed by atoms with E-state index in [4.69, 9.17) is 9.40 Å². The molecule has 0 radical (unpaired) electrons. The van der Waals surface area contributed by atoms with E-state index in [9.17, 15) is 4.79 Å². The van der Waals surface area contributed by atoms with Crippen molar-refractivity contribution in [2.75, 3.05) is 32.1 Å². The number of hydrogen-bond acceptors (Lipinski definition) is 8. The van der Waals surface area contributed by atoms with Crippen LogP contribution < -0.4 is 10.2 Å². The van der Waals surface area contributed by atoms with Crippen molar-refractivity contribution >= 4 is 11.7 Å². The number of nitrogens with one attached hydrogen (secondary N) is 1. The number of carbonyl (C=O) groups excluding carboxylic acids is 1. The Morgan fingerprint density at radius 2 is 1.88 bits per heavy atom. The number of aromatic nitrogens is 4. The van der Waals surface area contributed by atoms with Crippen LogP contribution in [0.25, 0.3) is 23.0 Å². The molecule has 9 heteroatoms. The fraction of sp³-hybridized carbons (Fsp3) is 0.435. The standard InChI is InChI=1S/C23H29N7O2/c1-4-21(31)29(3)18-9-11-30(12-10-18)20-15-25-14-19(26-20)23-28-27-22(32-23)17-7-5-16(6-8-17)13-24-2/h5-8,14-15,18,24H,4,9-13H2,1-3H3. The molecule has 0 unspecified atom stereocenters. The lowest BCUT2D eigenvalue weighted by Crippen LogP contribution is -2.45. The zero-order valence-electron chi connectivity index (χ0n) is 18.8. The Bertz CT molecular complexity index is 1040. The Labute approximate surface area is 187 Å². The topological polar surface area (TPSA) is 100 Å². The number of amides is 1. The van der Waals surface area contributed by atoms with Crippen molar-refractivity contribution in [1.29, 1.82) is 0 Å². The lowest BCUT2D eigenvalue weighted by Gasteiger charge is -2.37. The van der Waals surface area contributed by atoms with Crippen LogP contribution in [-0.4, -0.2) is 64.2 Å². The van der Waals surface area contributed by atoms with Gasteiger partial charge < -0.3 is 19.5 Å². The predicted octanol–water partition coefficient (Wildman–Crippen LogP) is 2.75. The van der Waals surface area contributed by atoms with Gasteiger partial charge in [-0.15, -0.1) is 10.2 Å². The van der Waals surface area contributed by atoms with Gasteiger partial charge in [0.15, 0.2) is 0 Å². The summed E-state index contributed by atoms with van der Waals surface area (Å²) in [7, 11) is 3.81. The molecule has 2 aromatic heterocycles. The Balaban J connectivity index is 1.44. The number of rotatable bonds is 7. The van der Waals surface area contributed by atoms with Gasteiger partial charge in [-0.3, -0.25) is 9.78 Å². The van der Waals surface area contributed by atoms with E-state index >= 15 is 0 Å². The van der Waals surface area contributed by atoms with Crippen molar-refractivity contribution in [3.8, 4) is 23.0 Å². The quantitative estimate of drug-likeness (QED) is 0.605. The van der Waals surface area contributed by atoms with Gasteiger partial charge in [-0.05, 0) is 37.6 Å². The van der Waals surface area contributed by atoms with E-state index in [1.165, 1.54) is 5.56 Å². The molecular weight excluding hydrogens is 406 g/mol. The molecule has 1 saturated heterocycles. The van der Waals surface area contributed by atoms with Crippen LogP contribution in [0, 0.1) is 0 Å². The largest absolute Gasteiger partial charge is 0.415 e. The van der Waals surface area contributed by atoms with Gasteiger partial charge in [0.2, 0.25) is 11.8 Å². The molecule has 168 valence electrons. The average molecular weight is 436 g/mol. The molecule has 0 atom stereocenters. The van der Waals surface area contributed by atoms with Crippen LogP contribution in [0.4, 0.5) is 5.82 Å². The van der Waals surface area contributed by atoms with Gasteiger partial charge in [0.05, 0.1) is 12.4 Å². The first-order valence-electron chi connectivity index (χ1n) is 11.0. The van der Waals surface area contributed by atoms with Crippen molar-refractivity contribution in [3.05, 3.63) is 42.2 Å². The van der Waals surface area contributed by atoms with Gasteiger partial charge in [-0.25, -0.2) is 4.98 Å². The van der Waals surface area contributed by atoms with Crippen LogP contribution in [0.15, 0.2) is 41.1 Å². The highest BCUT2D eigenvalue weighted by molar-refractivity contribution is 5.75. The van der Waals surface area contributed by atoms with Crippen molar-refractivity contribution in [1.82, 2.24) is 30.4 Å². The molecule has 3 heterocycles. The smallest absolute Gasteiger partial charge is 0.268 e. The molecule has 32 heavy (non-hydrogen) atoms. The average Bonchev–Trinajstić information content (AvgIpc) is 3.34. The van der Waals surface area contributed by atoms with Crippen LogP contribution in [0.2, 0.25) is 0 Å². The van der Waals surface area contributed by atoms with Crippen molar-refractivity contribution in [3.63, 3.8) is 0 Å². The lowest BCUT2D eigenvalue weighted by atomic mass is 10.0. The maximum Gasteiger partial charge on any atom is 0.268 e. The summed E-state index contributed by atoms with van der Waals surface area (Å²) in [6.45, 7) is 4.34. The van der Waals surface area contributed by atoms with Crippen molar-refractivity contribution in [2.45, 2.75) is 38.8 Å². The number of anilines is 1. The Hall–Kier alpha value is -3.33. The molecule has 1 fully saturated rings. The van der Waals surface area contributed by atoms with Crippen molar-refractivity contribution < 1.29 is 9.21 Å². The second-order valence-corrected chi connectivity index (χ2v) is 7.98. The Kier molecular flexibility index (Phi) is 6.75. The summed E-state index contributed by atoms with van der Waals surface area (Å²) >= 11 is 0. The second kappa shape index (κ2) is 9.86. The zero-order valence-corrected chi connectivity index (χ0v) is 18.8. The van der Waals surface area contributed by atoms with E-state index in [2.05, 4.69) is 25.4 Å². The molecule has 3 aromatic rings. The van der Waals surface area contributed by atoms with Gasteiger partial charge in [0, 0.05) is 44.7 Å². The maximum atomic E-state index is 12.0. The molecule has 4 rings (SSSR count). The number of carbonyl (C=O) groups is 1. The summed E-state index contributed by atoms with van der Waals surface area (Å²) in [5, 5.41) is 11.5. The number of hydrogen-bond donors (Lipinski definition) is 1. The predicted molar refractivity (Wildman–Crippen MR) is 122 cm³/mol. The highest BCUT2D eigenvalue weighted by Crippen LogP contribution is 2.25. The molecule has 0 aliphatic carbocycles. The third-order valence-corrected chi connectivity index (χ3v) is 5.88. The molecule has 1 aromatic carbocycles. The molecular formula is C23H29N7O2. The molecule has 9 nitrogen and oxygen atoms in total. The van der Waals surface area contributed by atoms with Crippen LogP contribution in [0.1, 0.15) is 31.7 Å². The SMILES string of the molecule is CCC(=O)N(C)C1CCN(c2cncc(-c3nnc(-c4ccc(CNC)cc4)o3)n2)CC1. The fourth-order valence-corrected chi connectivity index (χ4v) is 3.96. The third kappa shape index (κ3) is 4.77. The fourth-order valence-electron chi connectivity index (χ4n) is 3.96. The highest BCUT2D eigenvalue weighted by Gasteiger charge is 2.25. The molecule has 1 aliphatic rings. The lowest BCUT2D eigenvalue weighted by molar-refractivity contribution is -0.131. The Morgan fingerprint density at radius 3 is 2.56 bits per heavy atom. The van der Waals surface area contributed by atoms with Gasteiger partial charge in [-0.2, -0.15) is 0 Å². The van der Waals surface area contributed by atoms with E-state index in [1.807, 2.05) is 50.2 Å². The van der Waals surface area contributed by atoms with Crippen LogP contribution in [-0.2, 0) is 11.3 Å². The minimum atomic E-state index is 0.189. The number of benzene rings is 1. The third-order valence-electron chi connectivity index (χ3n) is 5.88. The second-order valence-electron chi connectivity index (χ2n) is 7.98. The van der Waals surface area contributed by atoms with Gasteiger partial charge in [0.1, 0.15) is 11.5 Å². The first kappa shape index (κ1) is 21.9. The molecule has 0 saturated carbocycles. The normalized spacial score (nSPS) is 14.5. The van der Waals surface area contributed by atoms with Gasteiger partial charge >= 0.3 is 0 Å². The summed E-state index contributed by atoms with van der Waals surface area (Å²) in [6, 6.07) is 8.27. The summed E-state index contributed by atoms with van der Waals surface area (Å²) < 4.78 is 5.88. The molecule has 0 spiro atoms. The van der Waals surface area contributed by atoms with Gasteiger partial charge in [0.25, 0.3) is 5.89 Å². The number of nitrogens with zero attached hydrogens (tertiary/aromatic N) is 6. The number of piperidine rings is 1.